The van der Waals surface area contributed by atoms with E-state index in [9.17, 15) is 4.79 Å². The van der Waals surface area contributed by atoms with Crippen molar-refractivity contribution in [2.75, 3.05) is 13.2 Å². The second kappa shape index (κ2) is 7.02. The van der Waals surface area contributed by atoms with Gasteiger partial charge in [0.05, 0.1) is 18.3 Å². The van der Waals surface area contributed by atoms with E-state index in [1.807, 2.05) is 6.92 Å². The quantitative estimate of drug-likeness (QED) is 0.800. The Balaban J connectivity index is 2.18. The molecule has 5 nitrogen and oxygen atoms in total. The van der Waals surface area contributed by atoms with Gasteiger partial charge < -0.3 is 19.9 Å². The lowest BCUT2D eigenvalue weighted by Gasteiger charge is -2.32. The van der Waals surface area contributed by atoms with Crippen molar-refractivity contribution in [1.29, 1.82) is 0 Å². The van der Waals surface area contributed by atoms with Gasteiger partial charge >= 0.3 is 5.97 Å². The smallest absolute Gasteiger partial charge is 0.340 e. The van der Waals surface area contributed by atoms with Crippen LogP contribution >= 0.6 is 23.2 Å². The Labute approximate surface area is 155 Å². The Kier molecular flexibility index (Phi) is 4.97. The van der Waals surface area contributed by atoms with Crippen molar-refractivity contribution in [1.82, 2.24) is 0 Å². The van der Waals surface area contributed by atoms with Crippen LogP contribution in [0.1, 0.15) is 25.3 Å². The highest BCUT2D eigenvalue weighted by molar-refractivity contribution is 6.35. The fourth-order valence-corrected chi connectivity index (χ4v) is 3.42. The van der Waals surface area contributed by atoms with Crippen LogP contribution in [0.5, 0.6) is 0 Å². The zero-order chi connectivity index (χ0) is 18.1. The summed E-state index contributed by atoms with van der Waals surface area (Å²) in [6.45, 7) is 4.02. The van der Waals surface area contributed by atoms with Gasteiger partial charge in [-0.25, -0.2) is 4.79 Å². The minimum Gasteiger partial charge on any atom is -0.494 e. The maximum atomic E-state index is 12.5. The first-order valence-corrected chi connectivity index (χ1v) is 8.51. The van der Waals surface area contributed by atoms with Crippen molar-refractivity contribution < 1.29 is 19.0 Å². The third kappa shape index (κ3) is 3.34. The average Bonchev–Trinajstić information content (AvgIpc) is 2.53. The van der Waals surface area contributed by atoms with Gasteiger partial charge in [-0.3, -0.25) is 0 Å². The van der Waals surface area contributed by atoms with Crippen molar-refractivity contribution in [3.05, 3.63) is 68.4 Å². The molecule has 0 aliphatic carbocycles. The summed E-state index contributed by atoms with van der Waals surface area (Å²) in [6.07, 6.45) is 1.74. The van der Waals surface area contributed by atoms with E-state index >= 15 is 0 Å². The molecule has 1 aromatic carbocycles. The molecule has 2 aliphatic rings. The van der Waals surface area contributed by atoms with Gasteiger partial charge in [0.2, 0.25) is 5.88 Å². The lowest BCUT2D eigenvalue weighted by atomic mass is 9.82. The second-order valence-corrected chi connectivity index (χ2v) is 6.48. The molecule has 0 spiro atoms. The van der Waals surface area contributed by atoms with E-state index in [2.05, 4.69) is 0 Å². The van der Waals surface area contributed by atoms with Crippen molar-refractivity contribution >= 4 is 29.2 Å². The Morgan fingerprint density at radius 2 is 2.16 bits per heavy atom. The Bertz CT molecular complexity index is 826. The number of esters is 1. The predicted octanol–water partition coefficient (Wildman–Crippen LogP) is 4.03. The predicted molar refractivity (Wildman–Crippen MR) is 94.9 cm³/mol. The highest BCUT2D eigenvalue weighted by Gasteiger charge is 2.39. The summed E-state index contributed by atoms with van der Waals surface area (Å²) in [4.78, 5) is 12.5. The molecule has 0 saturated carbocycles. The van der Waals surface area contributed by atoms with Crippen molar-refractivity contribution in [3.8, 4) is 0 Å². The lowest BCUT2D eigenvalue weighted by Crippen LogP contribution is -2.29. The van der Waals surface area contributed by atoms with Crippen LogP contribution in [0.15, 0.2) is 52.8 Å². The molecule has 2 heterocycles. The van der Waals surface area contributed by atoms with Crippen molar-refractivity contribution in [2.24, 2.45) is 5.73 Å². The molecule has 0 saturated heterocycles. The largest absolute Gasteiger partial charge is 0.494 e. The fraction of sp³-hybridized carbons (Fsp3) is 0.278. The maximum absolute atomic E-state index is 12.5. The third-order valence-corrected chi connectivity index (χ3v) is 4.56. The topological polar surface area (TPSA) is 70.8 Å². The molecule has 2 aliphatic heterocycles. The van der Waals surface area contributed by atoms with Crippen LogP contribution in [0, 0.1) is 0 Å². The summed E-state index contributed by atoms with van der Waals surface area (Å²) in [5, 5.41) is 0.924. The van der Waals surface area contributed by atoms with E-state index in [0.717, 1.165) is 5.57 Å². The summed E-state index contributed by atoms with van der Waals surface area (Å²) in [5.41, 5.74) is 7.70. The summed E-state index contributed by atoms with van der Waals surface area (Å²) >= 11 is 12.4. The molecular weight excluding hydrogens is 365 g/mol. The molecule has 0 fully saturated rings. The van der Waals surface area contributed by atoms with Gasteiger partial charge in [-0.15, -0.1) is 0 Å². The normalized spacial score (nSPS) is 19.7. The first-order valence-electron chi connectivity index (χ1n) is 7.76. The van der Waals surface area contributed by atoms with Gasteiger partial charge in [-0.2, -0.15) is 0 Å². The number of allylic oxidation sites excluding steroid dienone is 2. The second-order valence-electron chi connectivity index (χ2n) is 5.63. The number of benzene rings is 1. The standard InChI is InChI=1S/C18H17Cl2NO4/c1-3-23-18(22)16-15(11-5-4-10(19)7-13(11)20)12-8-24-9(2)6-14(12)25-17(16)21/h4-7,15H,3,8,21H2,1-2H3/t15-/m0/s1. The molecule has 1 atom stereocenters. The Morgan fingerprint density at radius 3 is 2.84 bits per heavy atom. The monoisotopic (exact) mass is 381 g/mol. The van der Waals surface area contributed by atoms with Crippen molar-refractivity contribution in [3.63, 3.8) is 0 Å². The van der Waals surface area contributed by atoms with Gasteiger partial charge in [0.25, 0.3) is 0 Å². The molecule has 0 bridgehead atoms. The van der Waals surface area contributed by atoms with E-state index in [4.69, 9.17) is 43.1 Å². The molecule has 132 valence electrons. The third-order valence-electron chi connectivity index (χ3n) is 4.00. The van der Waals surface area contributed by atoms with E-state index in [1.165, 1.54) is 0 Å². The van der Waals surface area contributed by atoms with Crippen LogP contribution < -0.4 is 5.73 Å². The molecule has 2 N–H and O–H groups in total. The average molecular weight is 382 g/mol. The minimum absolute atomic E-state index is 0.000772. The molecule has 25 heavy (non-hydrogen) atoms. The zero-order valence-electron chi connectivity index (χ0n) is 13.8. The molecular formula is C18H17Cl2NO4. The maximum Gasteiger partial charge on any atom is 0.340 e. The van der Waals surface area contributed by atoms with Crippen LogP contribution in [-0.2, 0) is 19.0 Å². The Morgan fingerprint density at radius 1 is 1.40 bits per heavy atom. The van der Waals surface area contributed by atoms with Crippen LogP contribution in [-0.4, -0.2) is 19.2 Å². The number of halogens is 2. The molecule has 0 aromatic heterocycles. The lowest BCUT2D eigenvalue weighted by molar-refractivity contribution is -0.139. The van der Waals surface area contributed by atoms with Crippen molar-refractivity contribution in [2.45, 2.75) is 19.8 Å². The first-order chi connectivity index (χ1) is 11.9. The number of hydrogen-bond acceptors (Lipinski definition) is 5. The molecule has 1 aromatic rings. The van der Waals surface area contributed by atoms with E-state index in [1.54, 1.807) is 31.2 Å². The number of carbonyl (C=O) groups is 1. The highest BCUT2D eigenvalue weighted by Crippen LogP contribution is 2.44. The molecule has 7 heteroatoms. The summed E-state index contributed by atoms with van der Waals surface area (Å²) < 4.78 is 16.5. The van der Waals surface area contributed by atoms with Crippen LogP contribution in [0.25, 0.3) is 0 Å². The highest BCUT2D eigenvalue weighted by atomic mass is 35.5. The number of ether oxygens (including phenoxy) is 3. The summed E-state index contributed by atoms with van der Waals surface area (Å²) in [7, 11) is 0. The van der Waals surface area contributed by atoms with E-state index < -0.39 is 11.9 Å². The number of hydrogen-bond donors (Lipinski definition) is 1. The van der Waals surface area contributed by atoms with E-state index in [-0.39, 0.29) is 24.7 Å². The molecule has 0 unspecified atom stereocenters. The molecule has 0 amide bonds. The van der Waals surface area contributed by atoms with Crippen LogP contribution in [0.2, 0.25) is 10.0 Å². The minimum atomic E-state index is -0.547. The van der Waals surface area contributed by atoms with E-state index in [0.29, 0.717) is 27.1 Å². The number of carbonyl (C=O) groups excluding carboxylic acids is 1. The van der Waals surface area contributed by atoms with Crippen LogP contribution in [0.4, 0.5) is 0 Å². The van der Waals surface area contributed by atoms with Gasteiger partial charge in [0, 0.05) is 21.7 Å². The molecule has 0 radical (unpaired) electrons. The van der Waals surface area contributed by atoms with Crippen LogP contribution in [0.3, 0.4) is 0 Å². The number of nitrogens with two attached hydrogens (primary N) is 1. The number of rotatable bonds is 3. The van der Waals surface area contributed by atoms with Gasteiger partial charge in [-0.1, -0.05) is 29.3 Å². The zero-order valence-corrected chi connectivity index (χ0v) is 15.3. The van der Waals surface area contributed by atoms with Gasteiger partial charge in [-0.05, 0) is 31.5 Å². The van der Waals surface area contributed by atoms with Gasteiger partial charge in [0.15, 0.2) is 0 Å². The van der Waals surface area contributed by atoms with Gasteiger partial charge in [0.1, 0.15) is 17.9 Å². The fourth-order valence-electron chi connectivity index (χ4n) is 2.90. The molecule has 3 rings (SSSR count). The first kappa shape index (κ1) is 17.7. The summed E-state index contributed by atoms with van der Waals surface area (Å²) in [6, 6.07) is 5.10. The Hall–Kier alpha value is -2.11. The summed E-state index contributed by atoms with van der Waals surface area (Å²) in [5.74, 6) is 0.183. The SMILES string of the molecule is CCOC(=O)C1=C(N)OC2=C(COC(C)=C2)[C@@H]1c1ccc(Cl)cc1Cl.